The summed E-state index contributed by atoms with van der Waals surface area (Å²) in [5.74, 6) is 0.641. The maximum atomic E-state index is 12.1. The van der Waals surface area contributed by atoms with Crippen molar-refractivity contribution in [1.82, 2.24) is 4.98 Å². The fraction of sp³-hybridized carbons (Fsp3) is 0.333. The van der Waals surface area contributed by atoms with Crippen LogP contribution in [0.15, 0.2) is 24.4 Å². The number of esters is 1. The van der Waals surface area contributed by atoms with Crippen LogP contribution in [0.2, 0.25) is 0 Å². The number of nitrogens with zero attached hydrogens (tertiary/aromatic N) is 1. The van der Waals surface area contributed by atoms with Crippen molar-refractivity contribution in [2.75, 3.05) is 21.3 Å². The third-order valence-electron chi connectivity index (χ3n) is 3.75. The van der Waals surface area contributed by atoms with Gasteiger partial charge in [0.2, 0.25) is 0 Å². The molecule has 1 atom stereocenters. The molecule has 1 heterocycles. The zero-order valence-electron chi connectivity index (χ0n) is 14.3. The number of hydrogen-bond acceptors (Lipinski definition) is 5. The first kappa shape index (κ1) is 18.3. The predicted molar refractivity (Wildman–Crippen MR) is 96.2 cm³/mol. The van der Waals surface area contributed by atoms with Crippen molar-refractivity contribution in [3.8, 4) is 22.8 Å². The summed E-state index contributed by atoms with van der Waals surface area (Å²) < 4.78 is 15.4. The SMILES string of the molecule is COC(=O)c1c(C)cc(-c2cnc(OC)c(OC)c2)cc1C(C)Br. The van der Waals surface area contributed by atoms with Crippen molar-refractivity contribution in [2.45, 2.75) is 18.7 Å². The summed E-state index contributed by atoms with van der Waals surface area (Å²) >= 11 is 3.55. The molecule has 0 fully saturated rings. The van der Waals surface area contributed by atoms with Crippen LogP contribution in [0, 0.1) is 6.92 Å². The molecule has 0 radical (unpaired) electrons. The van der Waals surface area contributed by atoms with E-state index >= 15 is 0 Å². The lowest BCUT2D eigenvalue weighted by atomic mass is 9.94. The first-order valence-corrected chi connectivity index (χ1v) is 8.29. The zero-order chi connectivity index (χ0) is 17.9. The second-order valence-electron chi connectivity index (χ2n) is 5.30. The second-order valence-corrected chi connectivity index (χ2v) is 6.67. The Hall–Kier alpha value is -2.08. The van der Waals surface area contributed by atoms with Crippen molar-refractivity contribution in [2.24, 2.45) is 0 Å². The number of aromatic nitrogens is 1. The molecule has 0 saturated carbocycles. The number of benzene rings is 1. The molecule has 0 N–H and O–H groups in total. The number of hydrogen-bond donors (Lipinski definition) is 0. The molecule has 5 nitrogen and oxygen atoms in total. The van der Waals surface area contributed by atoms with E-state index in [0.29, 0.717) is 17.2 Å². The van der Waals surface area contributed by atoms with Gasteiger partial charge in [0.15, 0.2) is 5.75 Å². The number of aryl methyl sites for hydroxylation is 1. The highest BCUT2D eigenvalue weighted by molar-refractivity contribution is 9.09. The van der Waals surface area contributed by atoms with E-state index in [9.17, 15) is 4.79 Å². The molecular formula is C18H20BrNO4. The van der Waals surface area contributed by atoms with Gasteiger partial charge in [-0.15, -0.1) is 0 Å². The first-order valence-electron chi connectivity index (χ1n) is 7.38. The van der Waals surface area contributed by atoms with Crippen LogP contribution in [0.25, 0.3) is 11.1 Å². The molecule has 0 aliphatic rings. The standard InChI is InChI=1S/C18H20BrNO4/c1-10-6-12(7-14(11(2)19)16(10)18(21)24-5)13-8-15(22-3)17(23-4)20-9-13/h6-9,11H,1-5H3. The van der Waals surface area contributed by atoms with Crippen LogP contribution in [0.4, 0.5) is 0 Å². The molecule has 0 spiro atoms. The molecule has 0 amide bonds. The summed E-state index contributed by atoms with van der Waals surface area (Å²) in [7, 11) is 4.50. The number of pyridine rings is 1. The molecule has 0 aliphatic carbocycles. The van der Waals surface area contributed by atoms with Crippen LogP contribution in [0.5, 0.6) is 11.6 Å². The summed E-state index contributed by atoms with van der Waals surface area (Å²) in [6.45, 7) is 3.86. The fourth-order valence-electron chi connectivity index (χ4n) is 2.57. The van der Waals surface area contributed by atoms with Crippen LogP contribution in [-0.2, 0) is 4.74 Å². The maximum absolute atomic E-state index is 12.1. The topological polar surface area (TPSA) is 57.7 Å². The maximum Gasteiger partial charge on any atom is 0.338 e. The van der Waals surface area contributed by atoms with Crippen LogP contribution in [0.3, 0.4) is 0 Å². The van der Waals surface area contributed by atoms with Gasteiger partial charge < -0.3 is 14.2 Å². The lowest BCUT2D eigenvalue weighted by Crippen LogP contribution is -2.09. The second kappa shape index (κ2) is 7.66. The molecule has 1 unspecified atom stereocenters. The zero-order valence-corrected chi connectivity index (χ0v) is 15.9. The Morgan fingerprint density at radius 1 is 1.12 bits per heavy atom. The Labute approximate surface area is 150 Å². The number of ether oxygens (including phenoxy) is 3. The quantitative estimate of drug-likeness (QED) is 0.559. The molecule has 0 bridgehead atoms. The average Bonchev–Trinajstić information content (AvgIpc) is 2.59. The van der Waals surface area contributed by atoms with E-state index in [1.807, 2.05) is 32.0 Å². The third-order valence-corrected chi connectivity index (χ3v) is 4.24. The van der Waals surface area contributed by atoms with Gasteiger partial charge in [0.05, 0.1) is 26.9 Å². The van der Waals surface area contributed by atoms with Gasteiger partial charge in [-0.1, -0.05) is 22.0 Å². The van der Waals surface area contributed by atoms with E-state index < -0.39 is 0 Å². The van der Waals surface area contributed by atoms with Gasteiger partial charge in [-0.2, -0.15) is 0 Å². The minimum absolute atomic E-state index is 0.00152. The van der Waals surface area contributed by atoms with Crippen molar-refractivity contribution >= 4 is 21.9 Å². The Morgan fingerprint density at radius 2 is 1.83 bits per heavy atom. The molecule has 1 aromatic carbocycles. The van der Waals surface area contributed by atoms with Crippen LogP contribution >= 0.6 is 15.9 Å². The van der Waals surface area contributed by atoms with Gasteiger partial charge in [-0.05, 0) is 42.7 Å². The number of rotatable bonds is 5. The van der Waals surface area contributed by atoms with E-state index in [1.165, 1.54) is 7.11 Å². The monoisotopic (exact) mass is 393 g/mol. The van der Waals surface area contributed by atoms with Crippen molar-refractivity contribution in [3.63, 3.8) is 0 Å². The number of methoxy groups -OCH3 is 3. The van der Waals surface area contributed by atoms with Gasteiger partial charge in [0, 0.05) is 16.6 Å². The number of halogens is 1. The minimum atomic E-state index is -0.342. The Balaban J connectivity index is 2.62. The van der Waals surface area contributed by atoms with Crippen molar-refractivity contribution in [3.05, 3.63) is 41.1 Å². The highest BCUT2D eigenvalue weighted by Crippen LogP contribution is 2.35. The molecule has 1 aromatic heterocycles. The number of alkyl halides is 1. The molecule has 128 valence electrons. The molecule has 2 rings (SSSR count). The lowest BCUT2D eigenvalue weighted by Gasteiger charge is -2.16. The lowest BCUT2D eigenvalue weighted by molar-refractivity contribution is 0.0598. The van der Waals surface area contributed by atoms with E-state index in [4.69, 9.17) is 14.2 Å². The normalized spacial score (nSPS) is 11.8. The van der Waals surface area contributed by atoms with Gasteiger partial charge in [0.1, 0.15) is 0 Å². The third kappa shape index (κ3) is 3.53. The minimum Gasteiger partial charge on any atom is -0.491 e. The van der Waals surface area contributed by atoms with E-state index in [0.717, 1.165) is 22.3 Å². The number of carbonyl (C=O) groups excluding carboxylic acids is 1. The van der Waals surface area contributed by atoms with Crippen LogP contribution in [-0.4, -0.2) is 32.3 Å². The van der Waals surface area contributed by atoms with Gasteiger partial charge in [0.25, 0.3) is 5.88 Å². The molecule has 2 aromatic rings. The van der Waals surface area contributed by atoms with Crippen molar-refractivity contribution < 1.29 is 19.0 Å². The summed E-state index contributed by atoms with van der Waals surface area (Å²) in [5, 5.41) is 0. The van der Waals surface area contributed by atoms with Crippen molar-refractivity contribution in [1.29, 1.82) is 0 Å². The summed E-state index contributed by atoms with van der Waals surface area (Å²) in [5.41, 5.74) is 4.11. The van der Waals surface area contributed by atoms with E-state index in [-0.39, 0.29) is 10.8 Å². The highest BCUT2D eigenvalue weighted by Gasteiger charge is 2.20. The molecular weight excluding hydrogens is 374 g/mol. The molecule has 24 heavy (non-hydrogen) atoms. The summed E-state index contributed by atoms with van der Waals surface area (Å²) in [6, 6.07) is 5.76. The molecule has 6 heteroatoms. The molecule has 0 aliphatic heterocycles. The predicted octanol–water partition coefficient (Wildman–Crippen LogP) is 4.32. The Morgan fingerprint density at radius 3 is 2.38 bits per heavy atom. The smallest absolute Gasteiger partial charge is 0.338 e. The Kier molecular flexibility index (Phi) is 5.83. The average molecular weight is 394 g/mol. The largest absolute Gasteiger partial charge is 0.491 e. The first-order chi connectivity index (χ1) is 11.4. The van der Waals surface area contributed by atoms with Gasteiger partial charge >= 0.3 is 5.97 Å². The molecule has 0 saturated heterocycles. The van der Waals surface area contributed by atoms with E-state index in [1.54, 1.807) is 20.4 Å². The fourth-order valence-corrected chi connectivity index (χ4v) is 2.93. The van der Waals surface area contributed by atoms with Crippen LogP contribution in [0.1, 0.15) is 33.2 Å². The van der Waals surface area contributed by atoms with E-state index in [2.05, 4.69) is 20.9 Å². The summed E-state index contributed by atoms with van der Waals surface area (Å²) in [4.78, 5) is 16.4. The summed E-state index contributed by atoms with van der Waals surface area (Å²) in [6.07, 6.45) is 1.72. The van der Waals surface area contributed by atoms with Crippen LogP contribution < -0.4 is 9.47 Å². The highest BCUT2D eigenvalue weighted by atomic mass is 79.9. The van der Waals surface area contributed by atoms with Gasteiger partial charge in [-0.3, -0.25) is 0 Å². The Bertz CT molecular complexity index is 759. The number of carbonyl (C=O) groups is 1. The van der Waals surface area contributed by atoms with Gasteiger partial charge in [-0.25, -0.2) is 9.78 Å².